The first-order chi connectivity index (χ1) is 5.86. The fourth-order valence-corrected chi connectivity index (χ4v) is 0.777. The summed E-state index contributed by atoms with van der Waals surface area (Å²) in [6, 6.07) is 0. The molecule has 6 nitrogen and oxygen atoms in total. The lowest BCUT2D eigenvalue weighted by atomic mass is 10.4. The topological polar surface area (TPSA) is 76.9 Å². The molecule has 0 spiro atoms. The first-order valence-corrected chi connectivity index (χ1v) is 3.34. The van der Waals surface area contributed by atoms with Gasteiger partial charge in [0.05, 0.1) is 0 Å². The van der Waals surface area contributed by atoms with Crippen molar-refractivity contribution < 1.29 is 4.52 Å². The second-order valence-corrected chi connectivity index (χ2v) is 2.22. The van der Waals surface area contributed by atoms with Gasteiger partial charge in [-0.3, -0.25) is 0 Å². The molecule has 1 radical (unpaired) electrons. The number of rotatable bonds is 1. The van der Waals surface area contributed by atoms with Crippen molar-refractivity contribution in [2.24, 2.45) is 10.2 Å². The maximum absolute atomic E-state index is 4.71. The van der Waals surface area contributed by atoms with Crippen LogP contribution in [0.1, 0.15) is 5.69 Å². The summed E-state index contributed by atoms with van der Waals surface area (Å²) in [6.45, 7) is 1.82. The summed E-state index contributed by atoms with van der Waals surface area (Å²) in [5.74, 6) is 0.446. The highest BCUT2D eigenvalue weighted by atomic mass is 16.5. The molecule has 0 fully saturated rings. The fraction of sp³-hybridized carbons (Fsp3) is 0.167. The van der Waals surface area contributed by atoms with Crippen molar-refractivity contribution in [3.63, 3.8) is 0 Å². The van der Waals surface area contributed by atoms with Gasteiger partial charge in [-0.15, -0.1) is 10.2 Å². The van der Waals surface area contributed by atoms with Crippen LogP contribution in [0.2, 0.25) is 0 Å². The molecule has 0 aliphatic carbocycles. The molecule has 12 heavy (non-hydrogen) atoms. The summed E-state index contributed by atoms with van der Waals surface area (Å²) in [5.41, 5.74) is 1.52. The third kappa shape index (κ3) is 1.14. The molecule has 1 aliphatic heterocycles. The molecule has 0 aromatic carbocycles. The minimum atomic E-state index is 0.446. The molecule has 0 unspecified atom stereocenters. The van der Waals surface area contributed by atoms with Gasteiger partial charge in [0.15, 0.2) is 0 Å². The lowest BCUT2D eigenvalue weighted by molar-refractivity contribution is 0.415. The first-order valence-electron chi connectivity index (χ1n) is 3.34. The summed E-state index contributed by atoms with van der Waals surface area (Å²) in [7, 11) is 0. The fourth-order valence-electron chi connectivity index (χ4n) is 0.777. The first kappa shape index (κ1) is 6.84. The standard InChI is InChI=1S/C6H6N5O/c1-4-5(2-12-11-4)9-6-7-3-8-10-6/h2-3H,1H3,(H,9,10). The van der Waals surface area contributed by atoms with Gasteiger partial charge in [0.2, 0.25) is 5.96 Å². The number of nitrogens with one attached hydrogen (secondary N) is 1. The Morgan fingerprint density at radius 2 is 2.42 bits per heavy atom. The molecule has 2 rings (SSSR count). The zero-order valence-electron chi connectivity index (χ0n) is 6.35. The summed E-state index contributed by atoms with van der Waals surface area (Å²) in [5, 5.41) is 17.7. The molecular weight excluding hydrogens is 158 g/mol. The van der Waals surface area contributed by atoms with E-state index < -0.39 is 0 Å². The molecule has 1 aromatic rings. The maximum atomic E-state index is 4.71. The Bertz CT molecular complexity index is 339. The van der Waals surface area contributed by atoms with Crippen molar-refractivity contribution in [1.29, 1.82) is 0 Å². The quantitative estimate of drug-likeness (QED) is 0.648. The second kappa shape index (κ2) is 2.65. The SMILES string of the molecule is Cc1nocc1NC1=NN=C[N]1. The monoisotopic (exact) mass is 164 g/mol. The molecule has 0 saturated heterocycles. The third-order valence-corrected chi connectivity index (χ3v) is 1.38. The zero-order chi connectivity index (χ0) is 8.39. The van der Waals surface area contributed by atoms with Crippen molar-refractivity contribution in [3.8, 4) is 0 Å². The lowest BCUT2D eigenvalue weighted by Gasteiger charge is -1.98. The van der Waals surface area contributed by atoms with Gasteiger partial charge in [0.25, 0.3) is 0 Å². The van der Waals surface area contributed by atoms with E-state index in [4.69, 9.17) is 4.52 Å². The van der Waals surface area contributed by atoms with Crippen LogP contribution < -0.4 is 10.6 Å². The van der Waals surface area contributed by atoms with E-state index in [2.05, 4.69) is 26.0 Å². The summed E-state index contributed by atoms with van der Waals surface area (Å²) < 4.78 is 4.71. The van der Waals surface area contributed by atoms with Crippen molar-refractivity contribution in [3.05, 3.63) is 12.0 Å². The Labute approximate surface area is 68.3 Å². The minimum Gasteiger partial charge on any atom is -0.362 e. The smallest absolute Gasteiger partial charge is 0.248 e. The highest BCUT2D eigenvalue weighted by Gasteiger charge is 2.08. The molecule has 0 saturated carbocycles. The van der Waals surface area contributed by atoms with Gasteiger partial charge >= 0.3 is 0 Å². The average Bonchev–Trinajstić information content (AvgIpc) is 2.65. The van der Waals surface area contributed by atoms with Crippen LogP contribution in [0.15, 0.2) is 21.0 Å². The van der Waals surface area contributed by atoms with Gasteiger partial charge < -0.3 is 9.84 Å². The van der Waals surface area contributed by atoms with Crippen molar-refractivity contribution in [1.82, 2.24) is 10.5 Å². The van der Waals surface area contributed by atoms with E-state index >= 15 is 0 Å². The Kier molecular flexibility index (Phi) is 1.51. The highest BCUT2D eigenvalue weighted by molar-refractivity contribution is 6.01. The average molecular weight is 164 g/mol. The van der Waals surface area contributed by atoms with Crippen molar-refractivity contribution in [2.45, 2.75) is 6.92 Å². The molecule has 0 amide bonds. The van der Waals surface area contributed by atoms with E-state index in [1.165, 1.54) is 12.6 Å². The van der Waals surface area contributed by atoms with E-state index in [1.54, 1.807) is 0 Å². The van der Waals surface area contributed by atoms with Crippen LogP contribution in [0.5, 0.6) is 0 Å². The van der Waals surface area contributed by atoms with Gasteiger partial charge in [-0.05, 0) is 6.92 Å². The van der Waals surface area contributed by atoms with Crippen LogP contribution in [0.25, 0.3) is 0 Å². The van der Waals surface area contributed by atoms with Gasteiger partial charge in [0, 0.05) is 0 Å². The van der Waals surface area contributed by atoms with E-state index in [1.807, 2.05) is 6.92 Å². The predicted octanol–water partition coefficient (Wildman–Crippen LogP) is 0.312. The van der Waals surface area contributed by atoms with Gasteiger partial charge in [-0.25, -0.2) is 0 Å². The van der Waals surface area contributed by atoms with Crippen LogP contribution in [-0.4, -0.2) is 17.5 Å². The molecule has 1 aliphatic rings. The Balaban J connectivity index is 2.09. The number of hydrogen-bond donors (Lipinski definition) is 1. The van der Waals surface area contributed by atoms with E-state index in [0.29, 0.717) is 5.96 Å². The Hall–Kier alpha value is -1.85. The normalized spacial score (nSPS) is 14.2. The maximum Gasteiger partial charge on any atom is 0.248 e. The molecule has 61 valence electrons. The molecule has 0 bridgehead atoms. The lowest BCUT2D eigenvalue weighted by Crippen LogP contribution is -2.19. The van der Waals surface area contributed by atoms with Crippen LogP contribution in [0.4, 0.5) is 5.69 Å². The number of aromatic nitrogens is 1. The number of aryl methyl sites for hydroxylation is 1. The third-order valence-electron chi connectivity index (χ3n) is 1.38. The Morgan fingerprint density at radius 3 is 3.00 bits per heavy atom. The number of hydrogen-bond acceptors (Lipinski definition) is 5. The molecule has 6 heteroatoms. The number of anilines is 1. The van der Waals surface area contributed by atoms with E-state index in [9.17, 15) is 0 Å². The van der Waals surface area contributed by atoms with E-state index in [-0.39, 0.29) is 0 Å². The summed E-state index contributed by atoms with van der Waals surface area (Å²) in [6.07, 6.45) is 2.86. The molecule has 0 atom stereocenters. The molecule has 1 N–H and O–H groups in total. The van der Waals surface area contributed by atoms with E-state index in [0.717, 1.165) is 11.4 Å². The summed E-state index contributed by atoms with van der Waals surface area (Å²) >= 11 is 0. The van der Waals surface area contributed by atoms with Gasteiger partial charge in [0.1, 0.15) is 24.0 Å². The molecular formula is C6H6N5O. The van der Waals surface area contributed by atoms with Crippen LogP contribution in [-0.2, 0) is 0 Å². The molecule has 2 heterocycles. The van der Waals surface area contributed by atoms with Gasteiger partial charge in [-0.1, -0.05) is 5.16 Å². The number of nitrogens with zero attached hydrogens (tertiary/aromatic N) is 4. The largest absolute Gasteiger partial charge is 0.362 e. The molecule has 1 aromatic heterocycles. The van der Waals surface area contributed by atoms with Gasteiger partial charge in [-0.2, -0.15) is 5.32 Å². The van der Waals surface area contributed by atoms with Crippen molar-refractivity contribution in [2.75, 3.05) is 5.32 Å². The van der Waals surface area contributed by atoms with Crippen LogP contribution in [0, 0.1) is 6.92 Å². The predicted molar refractivity (Wildman–Crippen MR) is 42.9 cm³/mol. The van der Waals surface area contributed by atoms with Crippen LogP contribution in [0.3, 0.4) is 0 Å². The highest BCUT2D eigenvalue weighted by Crippen LogP contribution is 2.11. The minimum absolute atomic E-state index is 0.446. The number of guanidine groups is 1. The van der Waals surface area contributed by atoms with Crippen LogP contribution >= 0.6 is 0 Å². The zero-order valence-corrected chi connectivity index (χ0v) is 6.35. The second-order valence-electron chi connectivity index (χ2n) is 2.22. The Morgan fingerprint density at radius 1 is 1.50 bits per heavy atom. The summed E-state index contributed by atoms with van der Waals surface area (Å²) in [4.78, 5) is 0. The van der Waals surface area contributed by atoms with Crippen molar-refractivity contribution >= 4 is 18.0 Å².